The SMILES string of the molecule is CCCCCCN1C(=O)CNC(=O)C1(CC)CC. The first kappa shape index (κ1) is 15.0. The Balaban J connectivity index is 2.73. The Morgan fingerprint density at radius 2 is 1.78 bits per heavy atom. The van der Waals surface area contributed by atoms with Crippen LogP contribution in [0.3, 0.4) is 0 Å². The number of piperazine rings is 1. The van der Waals surface area contributed by atoms with Gasteiger partial charge in [0.25, 0.3) is 0 Å². The Morgan fingerprint density at radius 3 is 2.33 bits per heavy atom. The molecule has 0 aromatic heterocycles. The third-order valence-corrected chi connectivity index (χ3v) is 4.05. The first-order valence-corrected chi connectivity index (χ1v) is 7.21. The van der Waals surface area contributed by atoms with Crippen molar-refractivity contribution in [1.29, 1.82) is 0 Å². The number of hydrogen-bond donors (Lipinski definition) is 1. The van der Waals surface area contributed by atoms with E-state index < -0.39 is 5.54 Å². The van der Waals surface area contributed by atoms with E-state index in [0.29, 0.717) is 19.4 Å². The number of carbonyl (C=O) groups is 2. The molecule has 18 heavy (non-hydrogen) atoms. The second kappa shape index (κ2) is 6.76. The van der Waals surface area contributed by atoms with Crippen molar-refractivity contribution in [3.63, 3.8) is 0 Å². The monoisotopic (exact) mass is 254 g/mol. The van der Waals surface area contributed by atoms with Crippen molar-refractivity contribution in [1.82, 2.24) is 10.2 Å². The summed E-state index contributed by atoms with van der Waals surface area (Å²) in [5.74, 6) is 0.0809. The van der Waals surface area contributed by atoms with Crippen LogP contribution in [0.5, 0.6) is 0 Å². The third kappa shape index (κ3) is 2.85. The van der Waals surface area contributed by atoms with Crippen LogP contribution in [0.25, 0.3) is 0 Å². The highest BCUT2D eigenvalue weighted by Gasteiger charge is 2.46. The number of hydrogen-bond acceptors (Lipinski definition) is 2. The van der Waals surface area contributed by atoms with Crippen LogP contribution in [0, 0.1) is 0 Å². The van der Waals surface area contributed by atoms with Gasteiger partial charge in [0.05, 0.1) is 6.54 Å². The van der Waals surface area contributed by atoms with Gasteiger partial charge in [-0.15, -0.1) is 0 Å². The number of carbonyl (C=O) groups excluding carboxylic acids is 2. The second-order valence-electron chi connectivity index (χ2n) is 5.03. The summed E-state index contributed by atoms with van der Waals surface area (Å²) in [7, 11) is 0. The molecule has 0 spiro atoms. The largest absolute Gasteiger partial charge is 0.345 e. The molecule has 0 saturated carbocycles. The van der Waals surface area contributed by atoms with Gasteiger partial charge in [0.15, 0.2) is 0 Å². The van der Waals surface area contributed by atoms with Crippen molar-refractivity contribution in [2.24, 2.45) is 0 Å². The van der Waals surface area contributed by atoms with Crippen LogP contribution in [0.1, 0.15) is 59.3 Å². The van der Waals surface area contributed by atoms with Gasteiger partial charge in [-0.1, -0.05) is 40.0 Å². The summed E-state index contributed by atoms with van der Waals surface area (Å²) in [4.78, 5) is 26.0. The van der Waals surface area contributed by atoms with Crippen LogP contribution in [-0.4, -0.2) is 35.3 Å². The standard InChI is InChI=1S/C14H26N2O2/c1-4-7-8-9-10-16-12(17)11-15-13(18)14(16,5-2)6-3/h4-11H2,1-3H3,(H,15,18). The number of rotatable bonds is 7. The lowest BCUT2D eigenvalue weighted by atomic mass is 9.87. The summed E-state index contributed by atoms with van der Waals surface area (Å²) in [6.45, 7) is 7.02. The molecule has 1 rings (SSSR count). The fourth-order valence-electron chi connectivity index (χ4n) is 2.77. The Morgan fingerprint density at radius 1 is 1.11 bits per heavy atom. The van der Waals surface area contributed by atoms with Gasteiger partial charge in [0.1, 0.15) is 5.54 Å². The average Bonchev–Trinajstić information content (AvgIpc) is 2.39. The summed E-state index contributed by atoms with van der Waals surface area (Å²) < 4.78 is 0. The first-order valence-electron chi connectivity index (χ1n) is 7.21. The van der Waals surface area contributed by atoms with Gasteiger partial charge in [-0.3, -0.25) is 9.59 Å². The summed E-state index contributed by atoms with van der Waals surface area (Å²) in [5, 5.41) is 2.73. The summed E-state index contributed by atoms with van der Waals surface area (Å²) in [5.41, 5.74) is -0.610. The Labute approximate surface area is 110 Å². The van der Waals surface area contributed by atoms with E-state index in [9.17, 15) is 9.59 Å². The maximum atomic E-state index is 12.1. The van der Waals surface area contributed by atoms with Crippen molar-refractivity contribution in [3.8, 4) is 0 Å². The van der Waals surface area contributed by atoms with Crippen LogP contribution in [-0.2, 0) is 9.59 Å². The van der Waals surface area contributed by atoms with E-state index in [2.05, 4.69) is 12.2 Å². The fraction of sp³-hybridized carbons (Fsp3) is 0.857. The van der Waals surface area contributed by atoms with Crippen LogP contribution in [0.4, 0.5) is 0 Å². The zero-order valence-corrected chi connectivity index (χ0v) is 11.9. The normalized spacial score (nSPS) is 18.9. The molecule has 0 aromatic rings. The fourth-order valence-corrected chi connectivity index (χ4v) is 2.77. The van der Waals surface area contributed by atoms with Crippen molar-refractivity contribution in [2.75, 3.05) is 13.1 Å². The van der Waals surface area contributed by atoms with E-state index in [1.54, 1.807) is 0 Å². The van der Waals surface area contributed by atoms with Crippen LogP contribution in [0.15, 0.2) is 0 Å². The van der Waals surface area contributed by atoms with Gasteiger partial charge < -0.3 is 10.2 Å². The van der Waals surface area contributed by atoms with Gasteiger partial charge in [0, 0.05) is 6.54 Å². The van der Waals surface area contributed by atoms with Crippen LogP contribution < -0.4 is 5.32 Å². The highest BCUT2D eigenvalue weighted by Crippen LogP contribution is 2.27. The molecule has 4 nitrogen and oxygen atoms in total. The number of amides is 2. The third-order valence-electron chi connectivity index (χ3n) is 4.05. The molecule has 0 aromatic carbocycles. The topological polar surface area (TPSA) is 49.4 Å². The lowest BCUT2D eigenvalue weighted by Gasteiger charge is -2.45. The number of nitrogens with zero attached hydrogens (tertiary/aromatic N) is 1. The second-order valence-corrected chi connectivity index (χ2v) is 5.03. The molecule has 104 valence electrons. The predicted octanol–water partition coefficient (Wildman–Crippen LogP) is 2.08. The molecule has 1 aliphatic rings. The predicted molar refractivity (Wildman–Crippen MR) is 72.2 cm³/mol. The summed E-state index contributed by atoms with van der Waals surface area (Å²) >= 11 is 0. The summed E-state index contributed by atoms with van der Waals surface area (Å²) in [6.07, 6.45) is 5.88. The van der Waals surface area contributed by atoms with Crippen molar-refractivity contribution < 1.29 is 9.59 Å². The smallest absolute Gasteiger partial charge is 0.246 e. The van der Waals surface area contributed by atoms with Crippen molar-refractivity contribution >= 4 is 11.8 Å². The molecule has 0 unspecified atom stereocenters. The highest BCUT2D eigenvalue weighted by molar-refractivity contribution is 5.97. The highest BCUT2D eigenvalue weighted by atomic mass is 16.2. The van der Waals surface area contributed by atoms with Gasteiger partial charge in [-0.25, -0.2) is 0 Å². The molecular weight excluding hydrogens is 228 g/mol. The van der Waals surface area contributed by atoms with E-state index in [1.165, 1.54) is 12.8 Å². The molecule has 1 N–H and O–H groups in total. The lowest BCUT2D eigenvalue weighted by molar-refractivity contribution is -0.154. The summed E-state index contributed by atoms with van der Waals surface area (Å²) in [6, 6.07) is 0. The molecule has 0 atom stereocenters. The van der Waals surface area contributed by atoms with E-state index >= 15 is 0 Å². The Bertz CT molecular complexity index is 298. The minimum absolute atomic E-state index is 0.0163. The zero-order chi connectivity index (χ0) is 13.6. The van der Waals surface area contributed by atoms with Crippen molar-refractivity contribution in [2.45, 2.75) is 64.8 Å². The van der Waals surface area contributed by atoms with E-state index in [-0.39, 0.29) is 18.4 Å². The van der Waals surface area contributed by atoms with E-state index in [4.69, 9.17) is 0 Å². The molecule has 2 amide bonds. The van der Waals surface area contributed by atoms with E-state index in [0.717, 1.165) is 12.8 Å². The van der Waals surface area contributed by atoms with Crippen LogP contribution >= 0.6 is 0 Å². The van der Waals surface area contributed by atoms with Crippen LogP contribution in [0.2, 0.25) is 0 Å². The van der Waals surface area contributed by atoms with Crippen molar-refractivity contribution in [3.05, 3.63) is 0 Å². The molecule has 1 saturated heterocycles. The Kier molecular flexibility index (Phi) is 5.63. The molecule has 0 bridgehead atoms. The van der Waals surface area contributed by atoms with Gasteiger partial charge in [0.2, 0.25) is 11.8 Å². The zero-order valence-electron chi connectivity index (χ0n) is 11.9. The molecule has 1 fully saturated rings. The van der Waals surface area contributed by atoms with Gasteiger partial charge in [-0.05, 0) is 19.3 Å². The average molecular weight is 254 g/mol. The molecular formula is C14H26N2O2. The molecule has 0 aliphatic carbocycles. The number of nitrogens with one attached hydrogen (secondary N) is 1. The molecule has 1 heterocycles. The number of unbranched alkanes of at least 4 members (excludes halogenated alkanes) is 3. The molecule has 1 aliphatic heterocycles. The van der Waals surface area contributed by atoms with E-state index in [1.807, 2.05) is 18.7 Å². The maximum Gasteiger partial charge on any atom is 0.246 e. The Hall–Kier alpha value is -1.06. The van der Waals surface area contributed by atoms with Gasteiger partial charge >= 0.3 is 0 Å². The lowest BCUT2D eigenvalue weighted by Crippen LogP contribution is -2.66. The first-order chi connectivity index (χ1) is 8.62. The minimum Gasteiger partial charge on any atom is -0.345 e. The quantitative estimate of drug-likeness (QED) is 0.707. The molecule has 4 heteroatoms. The minimum atomic E-state index is -0.610. The van der Waals surface area contributed by atoms with Gasteiger partial charge in [-0.2, -0.15) is 0 Å². The molecule has 0 radical (unpaired) electrons. The maximum absolute atomic E-state index is 12.1.